The van der Waals surface area contributed by atoms with Crippen molar-refractivity contribution in [2.24, 2.45) is 0 Å². The van der Waals surface area contributed by atoms with Gasteiger partial charge in [-0.1, -0.05) is 87.1 Å². The van der Waals surface area contributed by atoms with E-state index in [0.29, 0.717) is 6.42 Å². The SMILES string of the molecule is CCCCCCCCCCCCCC(=O)Nc1ccc(Br)cc1. The van der Waals surface area contributed by atoms with Gasteiger partial charge in [0.1, 0.15) is 0 Å². The highest BCUT2D eigenvalue weighted by Crippen LogP contribution is 2.15. The molecule has 130 valence electrons. The number of carbonyl (C=O) groups excluding carboxylic acids is 1. The molecule has 0 aromatic heterocycles. The van der Waals surface area contributed by atoms with Gasteiger partial charge in [0.25, 0.3) is 0 Å². The lowest BCUT2D eigenvalue weighted by molar-refractivity contribution is -0.116. The van der Waals surface area contributed by atoms with Gasteiger partial charge in [0.2, 0.25) is 5.91 Å². The van der Waals surface area contributed by atoms with E-state index in [1.54, 1.807) is 0 Å². The molecule has 0 bridgehead atoms. The summed E-state index contributed by atoms with van der Waals surface area (Å²) < 4.78 is 1.03. The summed E-state index contributed by atoms with van der Waals surface area (Å²) in [6, 6.07) is 7.72. The fourth-order valence-corrected chi connectivity index (χ4v) is 2.97. The number of unbranched alkanes of at least 4 members (excludes halogenated alkanes) is 10. The first kappa shape index (κ1) is 20.2. The molecule has 0 aliphatic carbocycles. The molecule has 23 heavy (non-hydrogen) atoms. The summed E-state index contributed by atoms with van der Waals surface area (Å²) in [7, 11) is 0. The summed E-state index contributed by atoms with van der Waals surface area (Å²) >= 11 is 3.39. The van der Waals surface area contributed by atoms with E-state index in [4.69, 9.17) is 0 Å². The van der Waals surface area contributed by atoms with E-state index >= 15 is 0 Å². The van der Waals surface area contributed by atoms with E-state index in [9.17, 15) is 4.79 Å². The van der Waals surface area contributed by atoms with Crippen molar-refractivity contribution in [2.45, 2.75) is 84.0 Å². The Kier molecular flexibility index (Phi) is 11.9. The Balaban J connectivity index is 1.90. The van der Waals surface area contributed by atoms with Gasteiger partial charge in [-0.25, -0.2) is 0 Å². The first-order chi connectivity index (χ1) is 11.2. The predicted molar refractivity (Wildman–Crippen MR) is 104 cm³/mol. The monoisotopic (exact) mass is 381 g/mol. The molecule has 0 atom stereocenters. The molecule has 3 heteroatoms. The van der Waals surface area contributed by atoms with Crippen molar-refractivity contribution in [3.63, 3.8) is 0 Å². The number of hydrogen-bond donors (Lipinski definition) is 1. The Morgan fingerprint density at radius 3 is 1.83 bits per heavy atom. The Hall–Kier alpha value is -0.830. The molecule has 0 fully saturated rings. The molecule has 0 heterocycles. The summed E-state index contributed by atoms with van der Waals surface area (Å²) in [6.07, 6.45) is 15.1. The summed E-state index contributed by atoms with van der Waals surface area (Å²) in [4.78, 5) is 11.8. The maximum atomic E-state index is 11.8. The quantitative estimate of drug-likeness (QED) is 0.363. The average molecular weight is 382 g/mol. The van der Waals surface area contributed by atoms with Crippen molar-refractivity contribution in [3.8, 4) is 0 Å². The van der Waals surface area contributed by atoms with E-state index < -0.39 is 0 Å². The third-order valence-electron chi connectivity index (χ3n) is 4.14. The molecule has 0 unspecified atom stereocenters. The fourth-order valence-electron chi connectivity index (χ4n) is 2.71. The third-order valence-corrected chi connectivity index (χ3v) is 4.66. The van der Waals surface area contributed by atoms with Gasteiger partial charge in [-0.05, 0) is 30.7 Å². The maximum absolute atomic E-state index is 11.8. The number of anilines is 1. The molecule has 0 saturated heterocycles. The molecule has 0 saturated carbocycles. The number of nitrogens with one attached hydrogen (secondary N) is 1. The van der Waals surface area contributed by atoms with Crippen molar-refractivity contribution < 1.29 is 4.79 Å². The summed E-state index contributed by atoms with van der Waals surface area (Å²) in [6.45, 7) is 2.26. The second kappa shape index (κ2) is 13.6. The van der Waals surface area contributed by atoms with Gasteiger partial charge in [-0.15, -0.1) is 0 Å². The van der Waals surface area contributed by atoms with Crippen LogP contribution in [0.3, 0.4) is 0 Å². The van der Waals surface area contributed by atoms with Crippen LogP contribution in [0.4, 0.5) is 5.69 Å². The molecular formula is C20H32BrNO. The Labute approximate surface area is 150 Å². The van der Waals surface area contributed by atoms with Crippen LogP contribution in [-0.2, 0) is 4.79 Å². The van der Waals surface area contributed by atoms with Crippen LogP contribution < -0.4 is 5.32 Å². The lowest BCUT2D eigenvalue weighted by Crippen LogP contribution is -2.10. The highest BCUT2D eigenvalue weighted by atomic mass is 79.9. The molecule has 0 spiro atoms. The van der Waals surface area contributed by atoms with Gasteiger partial charge in [0.05, 0.1) is 0 Å². The lowest BCUT2D eigenvalue weighted by atomic mass is 10.1. The van der Waals surface area contributed by atoms with Crippen LogP contribution in [0, 0.1) is 0 Å². The number of amides is 1. The molecule has 0 aliphatic heterocycles. The highest BCUT2D eigenvalue weighted by Gasteiger charge is 2.02. The third kappa shape index (κ3) is 11.4. The number of rotatable bonds is 13. The van der Waals surface area contributed by atoms with Crippen molar-refractivity contribution in [1.29, 1.82) is 0 Å². The van der Waals surface area contributed by atoms with E-state index in [1.807, 2.05) is 24.3 Å². The smallest absolute Gasteiger partial charge is 0.224 e. The minimum absolute atomic E-state index is 0.128. The van der Waals surface area contributed by atoms with Crippen molar-refractivity contribution in [1.82, 2.24) is 0 Å². The summed E-state index contributed by atoms with van der Waals surface area (Å²) in [5, 5.41) is 2.94. The minimum Gasteiger partial charge on any atom is -0.326 e. The van der Waals surface area contributed by atoms with Gasteiger partial charge < -0.3 is 5.32 Å². The van der Waals surface area contributed by atoms with E-state index in [0.717, 1.165) is 16.6 Å². The average Bonchev–Trinajstić information content (AvgIpc) is 2.55. The molecule has 1 amide bonds. The Morgan fingerprint density at radius 2 is 1.30 bits per heavy atom. The van der Waals surface area contributed by atoms with Crippen LogP contribution in [0.5, 0.6) is 0 Å². The second-order valence-electron chi connectivity index (χ2n) is 6.34. The number of carbonyl (C=O) groups is 1. The second-order valence-corrected chi connectivity index (χ2v) is 7.26. The van der Waals surface area contributed by atoms with Crippen LogP contribution in [-0.4, -0.2) is 5.91 Å². The molecule has 1 N–H and O–H groups in total. The molecule has 1 aromatic carbocycles. The van der Waals surface area contributed by atoms with Gasteiger partial charge in [-0.3, -0.25) is 4.79 Å². The number of halogens is 1. The van der Waals surface area contributed by atoms with Gasteiger partial charge >= 0.3 is 0 Å². The van der Waals surface area contributed by atoms with Gasteiger partial charge in [-0.2, -0.15) is 0 Å². The van der Waals surface area contributed by atoms with Crippen LogP contribution in [0.25, 0.3) is 0 Å². The highest BCUT2D eigenvalue weighted by molar-refractivity contribution is 9.10. The van der Waals surface area contributed by atoms with E-state index in [1.165, 1.54) is 64.2 Å². The molecule has 0 radical (unpaired) electrons. The zero-order valence-corrected chi connectivity index (χ0v) is 16.2. The van der Waals surface area contributed by atoms with Gasteiger partial charge in [0.15, 0.2) is 0 Å². The van der Waals surface area contributed by atoms with Crippen LogP contribution in [0.2, 0.25) is 0 Å². The number of benzene rings is 1. The van der Waals surface area contributed by atoms with E-state index in [2.05, 4.69) is 28.2 Å². The molecular weight excluding hydrogens is 350 g/mol. The predicted octanol–water partition coefficient (Wildman–Crippen LogP) is 7.09. The molecule has 1 rings (SSSR count). The fraction of sp³-hybridized carbons (Fsp3) is 0.650. The zero-order valence-electron chi connectivity index (χ0n) is 14.6. The molecule has 2 nitrogen and oxygen atoms in total. The Morgan fingerprint density at radius 1 is 0.826 bits per heavy atom. The lowest BCUT2D eigenvalue weighted by Gasteiger charge is -2.05. The zero-order chi connectivity index (χ0) is 16.8. The van der Waals surface area contributed by atoms with Crippen molar-refractivity contribution in [2.75, 3.05) is 5.32 Å². The van der Waals surface area contributed by atoms with E-state index in [-0.39, 0.29) is 5.91 Å². The first-order valence-electron chi connectivity index (χ1n) is 9.28. The molecule has 0 aliphatic rings. The van der Waals surface area contributed by atoms with Crippen LogP contribution >= 0.6 is 15.9 Å². The summed E-state index contributed by atoms with van der Waals surface area (Å²) in [5.41, 5.74) is 0.876. The minimum atomic E-state index is 0.128. The van der Waals surface area contributed by atoms with Gasteiger partial charge in [0, 0.05) is 16.6 Å². The standard InChI is InChI=1S/C20H32BrNO/c1-2-3-4-5-6-7-8-9-10-11-12-13-20(23)22-19-16-14-18(21)15-17-19/h14-17H,2-13H2,1H3,(H,22,23). The number of hydrogen-bond acceptors (Lipinski definition) is 1. The normalized spacial score (nSPS) is 10.7. The maximum Gasteiger partial charge on any atom is 0.224 e. The summed E-state index contributed by atoms with van der Waals surface area (Å²) in [5.74, 6) is 0.128. The van der Waals surface area contributed by atoms with Crippen LogP contribution in [0.15, 0.2) is 28.7 Å². The largest absolute Gasteiger partial charge is 0.326 e. The van der Waals surface area contributed by atoms with Crippen LogP contribution in [0.1, 0.15) is 84.0 Å². The topological polar surface area (TPSA) is 29.1 Å². The van der Waals surface area contributed by atoms with Crippen molar-refractivity contribution >= 4 is 27.5 Å². The Bertz CT molecular complexity index is 416. The van der Waals surface area contributed by atoms with Crippen molar-refractivity contribution in [3.05, 3.63) is 28.7 Å². The first-order valence-corrected chi connectivity index (χ1v) is 10.1. The molecule has 1 aromatic rings.